The van der Waals surface area contributed by atoms with Crippen LogP contribution in [0, 0.1) is 6.92 Å². The number of amides is 1. The summed E-state index contributed by atoms with van der Waals surface area (Å²) in [4.78, 5) is 13.3. The number of hydrogen-bond acceptors (Lipinski definition) is 5. The van der Waals surface area contributed by atoms with Crippen LogP contribution in [-0.4, -0.2) is 31.2 Å². The molecule has 0 atom stereocenters. The molecule has 128 valence electrons. The van der Waals surface area contributed by atoms with Gasteiger partial charge in [-0.2, -0.15) is 4.80 Å². The average Bonchev–Trinajstić information content (AvgIpc) is 3.09. The van der Waals surface area contributed by atoms with Crippen LogP contribution >= 0.6 is 0 Å². The molecule has 1 aromatic heterocycles. The SMILES string of the molecule is Cc1ccc(-c2nnn(CC(=O)NCc3ccccc3CO)n2)cc1. The van der Waals surface area contributed by atoms with Crippen molar-refractivity contribution >= 4 is 5.91 Å². The molecule has 0 aliphatic rings. The quantitative estimate of drug-likeness (QED) is 0.710. The van der Waals surface area contributed by atoms with Gasteiger partial charge >= 0.3 is 0 Å². The van der Waals surface area contributed by atoms with E-state index >= 15 is 0 Å². The number of rotatable bonds is 6. The number of nitrogens with zero attached hydrogens (tertiary/aromatic N) is 4. The van der Waals surface area contributed by atoms with Crippen LogP contribution in [-0.2, 0) is 24.5 Å². The fraction of sp³-hybridized carbons (Fsp3) is 0.222. The summed E-state index contributed by atoms with van der Waals surface area (Å²) in [5, 5.41) is 24.2. The van der Waals surface area contributed by atoms with Crippen molar-refractivity contribution in [3.8, 4) is 11.4 Å². The largest absolute Gasteiger partial charge is 0.392 e. The molecule has 0 aliphatic heterocycles. The van der Waals surface area contributed by atoms with Crippen LogP contribution in [0.3, 0.4) is 0 Å². The molecule has 0 aliphatic carbocycles. The topological polar surface area (TPSA) is 92.9 Å². The number of aryl methyl sites for hydroxylation is 1. The van der Waals surface area contributed by atoms with E-state index in [2.05, 4.69) is 20.7 Å². The Labute approximate surface area is 145 Å². The Bertz CT molecular complexity index is 858. The number of aromatic nitrogens is 4. The summed E-state index contributed by atoms with van der Waals surface area (Å²) in [6.07, 6.45) is 0. The highest BCUT2D eigenvalue weighted by Gasteiger charge is 2.10. The second kappa shape index (κ2) is 7.67. The summed E-state index contributed by atoms with van der Waals surface area (Å²) in [7, 11) is 0. The minimum absolute atomic E-state index is 0.0137. The highest BCUT2D eigenvalue weighted by Crippen LogP contribution is 2.13. The van der Waals surface area contributed by atoms with E-state index in [9.17, 15) is 9.90 Å². The molecule has 2 aromatic carbocycles. The predicted molar refractivity (Wildman–Crippen MR) is 92.2 cm³/mol. The Kier molecular flexibility index (Phi) is 5.15. The monoisotopic (exact) mass is 337 g/mol. The Morgan fingerprint density at radius 3 is 2.56 bits per heavy atom. The number of carbonyl (C=O) groups is 1. The first-order valence-electron chi connectivity index (χ1n) is 7.95. The maximum absolute atomic E-state index is 12.1. The van der Waals surface area contributed by atoms with E-state index in [1.165, 1.54) is 4.80 Å². The van der Waals surface area contributed by atoms with Gasteiger partial charge in [-0.25, -0.2) is 0 Å². The van der Waals surface area contributed by atoms with Crippen LogP contribution in [0.1, 0.15) is 16.7 Å². The number of tetrazole rings is 1. The molecule has 3 rings (SSSR count). The van der Waals surface area contributed by atoms with Crippen molar-refractivity contribution in [2.24, 2.45) is 0 Å². The maximum atomic E-state index is 12.1. The van der Waals surface area contributed by atoms with E-state index in [0.717, 1.165) is 22.3 Å². The fourth-order valence-corrected chi connectivity index (χ4v) is 2.39. The summed E-state index contributed by atoms with van der Waals surface area (Å²) >= 11 is 0. The van der Waals surface area contributed by atoms with Gasteiger partial charge in [0.1, 0.15) is 6.54 Å². The second-order valence-corrected chi connectivity index (χ2v) is 5.71. The molecule has 1 amide bonds. The standard InChI is InChI=1S/C18H19N5O2/c1-13-6-8-14(9-7-13)18-20-22-23(21-18)11-17(25)19-10-15-4-2-3-5-16(15)12-24/h2-9,24H,10-12H2,1H3,(H,19,25). The lowest BCUT2D eigenvalue weighted by Crippen LogP contribution is -2.28. The third-order valence-electron chi connectivity index (χ3n) is 3.81. The molecule has 0 bridgehead atoms. The van der Waals surface area contributed by atoms with Gasteiger partial charge in [0.2, 0.25) is 11.7 Å². The van der Waals surface area contributed by atoms with Gasteiger partial charge in [-0.15, -0.1) is 10.2 Å². The van der Waals surface area contributed by atoms with Crippen LogP contribution in [0.25, 0.3) is 11.4 Å². The normalized spacial score (nSPS) is 10.6. The summed E-state index contributed by atoms with van der Waals surface area (Å²) in [5.41, 5.74) is 3.68. The van der Waals surface area contributed by atoms with Gasteiger partial charge in [0.05, 0.1) is 6.61 Å². The van der Waals surface area contributed by atoms with Gasteiger partial charge in [-0.1, -0.05) is 54.1 Å². The second-order valence-electron chi connectivity index (χ2n) is 5.71. The zero-order chi connectivity index (χ0) is 17.6. The first kappa shape index (κ1) is 16.8. The van der Waals surface area contributed by atoms with Crippen molar-refractivity contribution in [3.63, 3.8) is 0 Å². The van der Waals surface area contributed by atoms with Crippen molar-refractivity contribution in [1.29, 1.82) is 0 Å². The smallest absolute Gasteiger partial charge is 0.243 e. The Hall–Kier alpha value is -3.06. The molecule has 7 nitrogen and oxygen atoms in total. The van der Waals surface area contributed by atoms with Gasteiger partial charge in [0.15, 0.2) is 0 Å². The summed E-state index contributed by atoms with van der Waals surface area (Å²) in [5.74, 6) is 0.263. The minimum Gasteiger partial charge on any atom is -0.392 e. The van der Waals surface area contributed by atoms with Crippen molar-refractivity contribution in [2.75, 3.05) is 0 Å². The minimum atomic E-state index is -0.222. The molecule has 7 heteroatoms. The fourth-order valence-electron chi connectivity index (χ4n) is 2.39. The van der Waals surface area contributed by atoms with Gasteiger partial charge in [0.25, 0.3) is 0 Å². The zero-order valence-corrected chi connectivity index (χ0v) is 13.9. The molecular weight excluding hydrogens is 318 g/mol. The molecule has 0 radical (unpaired) electrons. The van der Waals surface area contributed by atoms with E-state index in [-0.39, 0.29) is 19.1 Å². The lowest BCUT2D eigenvalue weighted by molar-refractivity contribution is -0.122. The van der Waals surface area contributed by atoms with Gasteiger partial charge in [-0.3, -0.25) is 4.79 Å². The maximum Gasteiger partial charge on any atom is 0.243 e. The number of carbonyl (C=O) groups excluding carboxylic acids is 1. The molecule has 0 spiro atoms. The number of nitrogens with one attached hydrogen (secondary N) is 1. The van der Waals surface area contributed by atoms with Crippen molar-refractivity contribution in [3.05, 3.63) is 65.2 Å². The Morgan fingerprint density at radius 2 is 1.84 bits per heavy atom. The van der Waals surface area contributed by atoms with Crippen LogP contribution in [0.2, 0.25) is 0 Å². The Balaban J connectivity index is 1.59. The Morgan fingerprint density at radius 1 is 1.12 bits per heavy atom. The molecule has 25 heavy (non-hydrogen) atoms. The van der Waals surface area contributed by atoms with Crippen LogP contribution in [0.4, 0.5) is 0 Å². The molecule has 2 N–H and O–H groups in total. The molecular formula is C18H19N5O2. The molecule has 0 saturated heterocycles. The third kappa shape index (κ3) is 4.27. The van der Waals surface area contributed by atoms with E-state index in [0.29, 0.717) is 12.4 Å². The number of hydrogen-bond donors (Lipinski definition) is 2. The molecule has 0 saturated carbocycles. The first-order valence-corrected chi connectivity index (χ1v) is 7.95. The van der Waals surface area contributed by atoms with E-state index < -0.39 is 0 Å². The van der Waals surface area contributed by atoms with E-state index in [4.69, 9.17) is 0 Å². The van der Waals surface area contributed by atoms with E-state index in [1.807, 2.05) is 55.5 Å². The molecule has 0 unspecified atom stereocenters. The third-order valence-corrected chi connectivity index (χ3v) is 3.81. The highest BCUT2D eigenvalue weighted by atomic mass is 16.3. The van der Waals surface area contributed by atoms with Gasteiger partial charge < -0.3 is 10.4 Å². The van der Waals surface area contributed by atoms with Crippen molar-refractivity contribution in [1.82, 2.24) is 25.5 Å². The number of aliphatic hydroxyl groups is 1. The first-order chi connectivity index (χ1) is 12.2. The summed E-state index contributed by atoms with van der Waals surface area (Å²) < 4.78 is 0. The summed E-state index contributed by atoms with van der Waals surface area (Å²) in [6.45, 7) is 2.28. The van der Waals surface area contributed by atoms with Crippen LogP contribution in [0.5, 0.6) is 0 Å². The van der Waals surface area contributed by atoms with Gasteiger partial charge in [0, 0.05) is 12.1 Å². The number of benzene rings is 2. The highest BCUT2D eigenvalue weighted by molar-refractivity contribution is 5.75. The molecule has 0 fully saturated rings. The lowest BCUT2D eigenvalue weighted by atomic mass is 10.1. The molecule has 3 aromatic rings. The van der Waals surface area contributed by atoms with Crippen LogP contribution in [0.15, 0.2) is 48.5 Å². The predicted octanol–water partition coefficient (Wildman–Crippen LogP) is 1.46. The van der Waals surface area contributed by atoms with Crippen molar-refractivity contribution < 1.29 is 9.90 Å². The van der Waals surface area contributed by atoms with Crippen LogP contribution < -0.4 is 5.32 Å². The average molecular weight is 337 g/mol. The molecule has 1 heterocycles. The zero-order valence-electron chi connectivity index (χ0n) is 13.9. The van der Waals surface area contributed by atoms with Gasteiger partial charge in [-0.05, 0) is 23.3 Å². The van der Waals surface area contributed by atoms with Crippen molar-refractivity contribution in [2.45, 2.75) is 26.6 Å². The van der Waals surface area contributed by atoms with E-state index in [1.54, 1.807) is 0 Å². The number of aliphatic hydroxyl groups excluding tert-OH is 1. The summed E-state index contributed by atoms with van der Waals surface area (Å²) in [6, 6.07) is 15.2. The lowest BCUT2D eigenvalue weighted by Gasteiger charge is -2.08.